The number of halogens is 1. The average Bonchev–Trinajstić information content (AvgIpc) is 2.52. The van der Waals surface area contributed by atoms with Gasteiger partial charge < -0.3 is 15.2 Å². The van der Waals surface area contributed by atoms with Gasteiger partial charge in [-0.1, -0.05) is 19.3 Å². The van der Waals surface area contributed by atoms with Crippen LogP contribution in [0.5, 0.6) is 0 Å². The van der Waals surface area contributed by atoms with Gasteiger partial charge in [-0.2, -0.15) is 0 Å². The third kappa shape index (κ3) is 4.47. The molecule has 5 aliphatic carbocycles. The fourth-order valence-electron chi connectivity index (χ4n) is 6.55. The van der Waals surface area contributed by atoms with E-state index in [-0.39, 0.29) is 18.5 Å². The number of hydrogen-bond donors (Lipinski definition) is 2. The van der Waals surface area contributed by atoms with Crippen LogP contribution in [0.25, 0.3) is 0 Å². The molecule has 0 spiro atoms. The van der Waals surface area contributed by atoms with Crippen molar-refractivity contribution in [1.82, 2.24) is 5.32 Å². The van der Waals surface area contributed by atoms with Crippen molar-refractivity contribution in [2.45, 2.75) is 82.8 Å². The first kappa shape index (κ1) is 18.9. The highest BCUT2D eigenvalue weighted by Crippen LogP contribution is 2.60. The SMILES string of the molecule is Cl.OC(CNC1CCCCC1)COCC12CC3CC(CC(C3)C1)C2. The topological polar surface area (TPSA) is 41.5 Å². The van der Waals surface area contributed by atoms with Crippen molar-refractivity contribution in [3.05, 3.63) is 0 Å². The fourth-order valence-corrected chi connectivity index (χ4v) is 6.55. The van der Waals surface area contributed by atoms with Crippen molar-refractivity contribution in [3.63, 3.8) is 0 Å². The molecule has 5 fully saturated rings. The van der Waals surface area contributed by atoms with E-state index in [9.17, 15) is 5.11 Å². The molecule has 0 radical (unpaired) electrons. The maximum Gasteiger partial charge on any atom is 0.0897 e. The molecule has 3 nitrogen and oxygen atoms in total. The summed E-state index contributed by atoms with van der Waals surface area (Å²) in [6.07, 6.45) is 15.0. The summed E-state index contributed by atoms with van der Waals surface area (Å²) in [5.41, 5.74) is 0.477. The molecule has 0 amide bonds. The standard InChI is InChI=1S/C20H35NO2.ClH/c22-19(12-21-18-4-2-1-3-5-18)13-23-14-20-9-15-6-16(10-20)8-17(7-15)11-20;/h15-19,21-22H,1-14H2;1H. The van der Waals surface area contributed by atoms with Gasteiger partial charge in [0, 0.05) is 12.6 Å². The molecule has 5 rings (SSSR count). The second kappa shape index (κ2) is 8.24. The molecule has 1 unspecified atom stereocenters. The summed E-state index contributed by atoms with van der Waals surface area (Å²) in [5, 5.41) is 13.7. The first-order chi connectivity index (χ1) is 11.2. The van der Waals surface area contributed by atoms with Crippen LogP contribution in [-0.4, -0.2) is 37.0 Å². The van der Waals surface area contributed by atoms with Gasteiger partial charge in [0.05, 0.1) is 19.3 Å². The van der Waals surface area contributed by atoms with Crippen LogP contribution >= 0.6 is 12.4 Å². The summed E-state index contributed by atoms with van der Waals surface area (Å²) in [7, 11) is 0. The maximum atomic E-state index is 10.2. The van der Waals surface area contributed by atoms with Crippen LogP contribution in [0.4, 0.5) is 0 Å². The number of aliphatic hydroxyl groups is 1. The van der Waals surface area contributed by atoms with E-state index in [0.29, 0.717) is 24.6 Å². The molecular formula is C20H36ClNO2. The molecule has 0 aromatic carbocycles. The molecule has 24 heavy (non-hydrogen) atoms. The number of rotatable bonds is 7. The second-order valence-electron chi connectivity index (χ2n) is 9.33. The predicted octanol–water partition coefficient (Wildman–Crippen LogP) is 3.92. The van der Waals surface area contributed by atoms with Crippen LogP contribution in [0.15, 0.2) is 0 Å². The number of aliphatic hydroxyl groups excluding tert-OH is 1. The molecule has 0 aliphatic heterocycles. The van der Waals surface area contributed by atoms with Gasteiger partial charge in [-0.15, -0.1) is 12.4 Å². The van der Waals surface area contributed by atoms with Crippen LogP contribution in [0.1, 0.15) is 70.6 Å². The van der Waals surface area contributed by atoms with Gasteiger partial charge in [-0.05, 0) is 74.5 Å². The van der Waals surface area contributed by atoms with Crippen LogP contribution in [0.3, 0.4) is 0 Å². The number of hydrogen-bond acceptors (Lipinski definition) is 3. The maximum absolute atomic E-state index is 10.2. The molecule has 0 heterocycles. The molecule has 4 bridgehead atoms. The monoisotopic (exact) mass is 357 g/mol. The van der Waals surface area contributed by atoms with Crippen molar-refractivity contribution >= 4 is 12.4 Å². The van der Waals surface area contributed by atoms with Gasteiger partial charge in [0.15, 0.2) is 0 Å². The highest BCUT2D eigenvalue weighted by Gasteiger charge is 2.50. The van der Waals surface area contributed by atoms with Crippen molar-refractivity contribution < 1.29 is 9.84 Å². The van der Waals surface area contributed by atoms with Crippen molar-refractivity contribution in [3.8, 4) is 0 Å². The van der Waals surface area contributed by atoms with E-state index in [1.165, 1.54) is 70.6 Å². The molecule has 0 aromatic heterocycles. The molecular weight excluding hydrogens is 322 g/mol. The Morgan fingerprint density at radius 2 is 1.54 bits per heavy atom. The van der Waals surface area contributed by atoms with Gasteiger partial charge in [-0.25, -0.2) is 0 Å². The van der Waals surface area contributed by atoms with Gasteiger partial charge in [0.2, 0.25) is 0 Å². The first-order valence-electron chi connectivity index (χ1n) is 10.2. The van der Waals surface area contributed by atoms with Gasteiger partial charge in [-0.3, -0.25) is 0 Å². The Balaban J connectivity index is 0.00000169. The lowest BCUT2D eigenvalue weighted by Gasteiger charge is -2.56. The molecule has 4 heteroatoms. The molecule has 1 atom stereocenters. The summed E-state index contributed by atoms with van der Waals surface area (Å²) in [5.74, 6) is 2.97. The number of nitrogens with one attached hydrogen (secondary N) is 1. The molecule has 0 aromatic rings. The van der Waals surface area contributed by atoms with Crippen LogP contribution < -0.4 is 5.32 Å². The largest absolute Gasteiger partial charge is 0.389 e. The zero-order chi connectivity index (χ0) is 15.7. The zero-order valence-electron chi connectivity index (χ0n) is 15.0. The Labute approximate surface area is 153 Å². The Bertz CT molecular complexity index is 362. The number of ether oxygens (including phenoxy) is 1. The zero-order valence-corrected chi connectivity index (χ0v) is 15.9. The van der Waals surface area contributed by atoms with E-state index in [1.807, 2.05) is 0 Å². The van der Waals surface area contributed by atoms with E-state index < -0.39 is 0 Å². The lowest BCUT2D eigenvalue weighted by atomic mass is 9.50. The normalized spacial score (nSPS) is 39.6. The lowest BCUT2D eigenvalue weighted by Crippen LogP contribution is -2.48. The van der Waals surface area contributed by atoms with Gasteiger partial charge >= 0.3 is 0 Å². The smallest absolute Gasteiger partial charge is 0.0897 e. The van der Waals surface area contributed by atoms with Crippen LogP contribution in [0.2, 0.25) is 0 Å². The Morgan fingerprint density at radius 3 is 2.12 bits per heavy atom. The van der Waals surface area contributed by atoms with Crippen molar-refractivity contribution in [1.29, 1.82) is 0 Å². The molecule has 0 saturated heterocycles. The predicted molar refractivity (Wildman–Crippen MR) is 99.6 cm³/mol. The fraction of sp³-hybridized carbons (Fsp3) is 1.00. The second-order valence-corrected chi connectivity index (χ2v) is 9.33. The van der Waals surface area contributed by atoms with Crippen LogP contribution in [0, 0.1) is 23.2 Å². The average molecular weight is 358 g/mol. The van der Waals surface area contributed by atoms with E-state index in [4.69, 9.17) is 4.74 Å². The van der Waals surface area contributed by atoms with E-state index in [1.54, 1.807) is 0 Å². The molecule has 140 valence electrons. The minimum atomic E-state index is -0.342. The van der Waals surface area contributed by atoms with E-state index >= 15 is 0 Å². The summed E-state index contributed by atoms with van der Waals surface area (Å²) in [6.45, 7) is 2.12. The lowest BCUT2D eigenvalue weighted by molar-refractivity contribution is -0.105. The van der Waals surface area contributed by atoms with Crippen molar-refractivity contribution in [2.24, 2.45) is 23.2 Å². The third-order valence-electron chi connectivity index (χ3n) is 7.13. The molecule has 5 aliphatic rings. The van der Waals surface area contributed by atoms with Crippen molar-refractivity contribution in [2.75, 3.05) is 19.8 Å². The quantitative estimate of drug-likeness (QED) is 0.725. The minimum Gasteiger partial charge on any atom is -0.389 e. The van der Waals surface area contributed by atoms with E-state index in [2.05, 4.69) is 5.32 Å². The third-order valence-corrected chi connectivity index (χ3v) is 7.13. The first-order valence-corrected chi connectivity index (χ1v) is 10.2. The summed E-state index contributed by atoms with van der Waals surface area (Å²) in [6, 6.07) is 0.626. The Hall–Kier alpha value is 0.170. The summed E-state index contributed by atoms with van der Waals surface area (Å²) >= 11 is 0. The van der Waals surface area contributed by atoms with Crippen LogP contribution in [-0.2, 0) is 4.74 Å². The van der Waals surface area contributed by atoms with Gasteiger partial charge in [0.1, 0.15) is 0 Å². The Kier molecular flexibility index (Phi) is 6.51. The minimum absolute atomic E-state index is 0. The molecule has 5 saturated carbocycles. The highest BCUT2D eigenvalue weighted by atomic mass is 35.5. The highest BCUT2D eigenvalue weighted by molar-refractivity contribution is 5.85. The summed E-state index contributed by atoms with van der Waals surface area (Å²) in [4.78, 5) is 0. The van der Waals surface area contributed by atoms with Gasteiger partial charge in [0.25, 0.3) is 0 Å². The molecule has 2 N–H and O–H groups in total. The Morgan fingerprint density at radius 1 is 0.958 bits per heavy atom. The summed E-state index contributed by atoms with van der Waals surface area (Å²) < 4.78 is 6.03. The van der Waals surface area contributed by atoms with E-state index in [0.717, 1.165) is 24.4 Å².